The van der Waals surface area contributed by atoms with Crippen LogP contribution in [0, 0.1) is 13.8 Å². The van der Waals surface area contributed by atoms with Crippen LogP contribution in [-0.2, 0) is 13.0 Å². The average molecular weight is 273 g/mol. The molecule has 2 aromatic rings. The molecule has 1 N–H and O–H groups in total. The maximum absolute atomic E-state index is 10.0. The summed E-state index contributed by atoms with van der Waals surface area (Å²) >= 11 is 0. The molecule has 0 saturated carbocycles. The fraction of sp³-hybridized carbons (Fsp3) is 0.438. The largest absolute Gasteiger partial charge is 0.488 e. The van der Waals surface area contributed by atoms with Gasteiger partial charge < -0.3 is 14.4 Å². The highest BCUT2D eigenvalue weighted by molar-refractivity contribution is 5.43. The Balaban J connectivity index is 1.83. The second-order valence-electron chi connectivity index (χ2n) is 5.32. The van der Waals surface area contributed by atoms with E-state index in [9.17, 15) is 5.11 Å². The normalized spacial score (nSPS) is 17.9. The van der Waals surface area contributed by atoms with Gasteiger partial charge in [0.2, 0.25) is 0 Å². The van der Waals surface area contributed by atoms with E-state index in [1.54, 1.807) is 0 Å². The van der Waals surface area contributed by atoms with Gasteiger partial charge in [0.1, 0.15) is 18.1 Å². The lowest BCUT2D eigenvalue weighted by atomic mass is 9.89. The zero-order valence-electron chi connectivity index (χ0n) is 11.8. The van der Waals surface area contributed by atoms with E-state index in [1.807, 2.05) is 32.0 Å². The Kier molecular flexibility index (Phi) is 3.49. The number of rotatable bonds is 3. The molecule has 0 bridgehead atoms. The molecule has 1 atom stereocenters. The van der Waals surface area contributed by atoms with Crippen LogP contribution in [0.15, 0.2) is 22.7 Å². The zero-order valence-corrected chi connectivity index (χ0v) is 11.8. The molecule has 0 fully saturated rings. The van der Waals surface area contributed by atoms with Crippen LogP contribution in [0.4, 0.5) is 0 Å². The molecule has 1 heterocycles. The SMILES string of the molecule is Cc1noc(C)c1COc1cccc2c1CCC[C@H]2O. The van der Waals surface area contributed by atoms with Crippen molar-refractivity contribution in [3.8, 4) is 5.75 Å². The number of aliphatic hydroxyl groups is 1. The summed E-state index contributed by atoms with van der Waals surface area (Å²) in [6.45, 7) is 4.26. The Morgan fingerprint density at radius 2 is 2.25 bits per heavy atom. The minimum Gasteiger partial charge on any atom is -0.488 e. The molecule has 4 heteroatoms. The molecule has 1 aliphatic rings. The zero-order chi connectivity index (χ0) is 14.1. The summed E-state index contributed by atoms with van der Waals surface area (Å²) in [5.41, 5.74) is 4.01. The highest BCUT2D eigenvalue weighted by atomic mass is 16.5. The summed E-state index contributed by atoms with van der Waals surface area (Å²) < 4.78 is 11.1. The standard InChI is InChI=1S/C16H19NO3/c1-10-14(11(2)20-17-10)9-19-16-8-4-5-12-13(16)6-3-7-15(12)18/h4-5,8,15,18H,3,6-7,9H2,1-2H3/t15-/m1/s1. The van der Waals surface area contributed by atoms with Gasteiger partial charge in [-0.15, -0.1) is 0 Å². The molecule has 0 amide bonds. The van der Waals surface area contributed by atoms with Gasteiger partial charge in [-0.25, -0.2) is 0 Å². The predicted octanol–water partition coefficient (Wildman–Crippen LogP) is 3.24. The minimum atomic E-state index is -0.360. The molecule has 20 heavy (non-hydrogen) atoms. The first kappa shape index (κ1) is 13.2. The lowest BCUT2D eigenvalue weighted by molar-refractivity contribution is 0.155. The second kappa shape index (κ2) is 5.29. The number of fused-ring (bicyclic) bond motifs is 1. The van der Waals surface area contributed by atoms with Crippen molar-refractivity contribution in [1.29, 1.82) is 0 Å². The van der Waals surface area contributed by atoms with E-state index in [1.165, 1.54) is 0 Å². The number of hydrogen-bond donors (Lipinski definition) is 1. The summed E-state index contributed by atoms with van der Waals surface area (Å²) in [6.07, 6.45) is 2.44. The van der Waals surface area contributed by atoms with Gasteiger partial charge in [0.25, 0.3) is 0 Å². The van der Waals surface area contributed by atoms with Gasteiger partial charge in [-0.05, 0) is 50.3 Å². The molecule has 0 spiro atoms. The van der Waals surface area contributed by atoms with Crippen molar-refractivity contribution in [2.24, 2.45) is 0 Å². The smallest absolute Gasteiger partial charge is 0.140 e. The molecule has 1 aliphatic carbocycles. The quantitative estimate of drug-likeness (QED) is 0.932. The number of aromatic nitrogens is 1. The lowest BCUT2D eigenvalue weighted by Crippen LogP contribution is -2.11. The van der Waals surface area contributed by atoms with Crippen LogP contribution in [0.3, 0.4) is 0 Å². The fourth-order valence-corrected chi connectivity index (χ4v) is 2.78. The summed E-state index contributed by atoms with van der Waals surface area (Å²) in [5.74, 6) is 1.66. The van der Waals surface area contributed by atoms with Crippen LogP contribution in [0.5, 0.6) is 5.75 Å². The van der Waals surface area contributed by atoms with Gasteiger partial charge >= 0.3 is 0 Å². The van der Waals surface area contributed by atoms with Gasteiger partial charge in [0.05, 0.1) is 17.4 Å². The second-order valence-corrected chi connectivity index (χ2v) is 5.32. The fourth-order valence-electron chi connectivity index (χ4n) is 2.78. The van der Waals surface area contributed by atoms with Crippen molar-refractivity contribution < 1.29 is 14.4 Å². The van der Waals surface area contributed by atoms with Gasteiger partial charge in [0.15, 0.2) is 0 Å². The lowest BCUT2D eigenvalue weighted by Gasteiger charge is -2.23. The molecule has 0 radical (unpaired) electrons. The van der Waals surface area contributed by atoms with Crippen LogP contribution < -0.4 is 4.74 Å². The molecule has 106 valence electrons. The summed E-state index contributed by atoms with van der Waals surface area (Å²) in [6, 6.07) is 5.90. The highest BCUT2D eigenvalue weighted by Gasteiger charge is 2.21. The van der Waals surface area contributed by atoms with E-state index in [0.717, 1.165) is 53.2 Å². The average Bonchev–Trinajstić information content (AvgIpc) is 2.76. The molecule has 0 saturated heterocycles. The highest BCUT2D eigenvalue weighted by Crippen LogP contribution is 2.35. The van der Waals surface area contributed by atoms with E-state index in [0.29, 0.717) is 6.61 Å². The van der Waals surface area contributed by atoms with Crippen molar-refractivity contribution in [3.05, 3.63) is 46.3 Å². The molecule has 3 rings (SSSR count). The molecule has 0 unspecified atom stereocenters. The monoisotopic (exact) mass is 273 g/mol. The number of hydrogen-bond acceptors (Lipinski definition) is 4. The van der Waals surface area contributed by atoms with Crippen molar-refractivity contribution in [2.75, 3.05) is 0 Å². The Bertz CT molecular complexity index is 599. The van der Waals surface area contributed by atoms with Gasteiger partial charge in [-0.1, -0.05) is 17.3 Å². The molecule has 4 nitrogen and oxygen atoms in total. The predicted molar refractivity (Wildman–Crippen MR) is 74.6 cm³/mol. The topological polar surface area (TPSA) is 55.5 Å². The van der Waals surface area contributed by atoms with Crippen LogP contribution in [0.25, 0.3) is 0 Å². The van der Waals surface area contributed by atoms with E-state index < -0.39 is 0 Å². The van der Waals surface area contributed by atoms with Crippen molar-refractivity contribution in [3.63, 3.8) is 0 Å². The Morgan fingerprint density at radius 3 is 3.00 bits per heavy atom. The Morgan fingerprint density at radius 1 is 1.40 bits per heavy atom. The first-order valence-electron chi connectivity index (χ1n) is 7.01. The maximum Gasteiger partial charge on any atom is 0.140 e. The first-order chi connectivity index (χ1) is 9.66. The van der Waals surface area contributed by atoms with Crippen LogP contribution in [-0.4, -0.2) is 10.3 Å². The molecule has 0 aliphatic heterocycles. The van der Waals surface area contributed by atoms with E-state index in [4.69, 9.17) is 9.26 Å². The molecule has 1 aromatic carbocycles. The van der Waals surface area contributed by atoms with Crippen molar-refractivity contribution in [1.82, 2.24) is 5.16 Å². The summed E-state index contributed by atoms with van der Waals surface area (Å²) in [5, 5.41) is 14.0. The van der Waals surface area contributed by atoms with Crippen molar-refractivity contribution in [2.45, 2.75) is 45.8 Å². The van der Waals surface area contributed by atoms with E-state index in [-0.39, 0.29) is 6.10 Å². The summed E-state index contributed by atoms with van der Waals surface area (Å²) in [7, 11) is 0. The third-order valence-electron chi connectivity index (χ3n) is 3.99. The minimum absolute atomic E-state index is 0.360. The number of benzene rings is 1. The molecular weight excluding hydrogens is 254 g/mol. The van der Waals surface area contributed by atoms with Gasteiger partial charge in [-0.3, -0.25) is 0 Å². The molecule has 1 aromatic heterocycles. The number of nitrogens with zero attached hydrogens (tertiary/aromatic N) is 1. The third-order valence-corrected chi connectivity index (χ3v) is 3.99. The number of aryl methyl sites for hydroxylation is 2. The number of ether oxygens (including phenoxy) is 1. The summed E-state index contributed by atoms with van der Waals surface area (Å²) in [4.78, 5) is 0. The van der Waals surface area contributed by atoms with Crippen molar-refractivity contribution >= 4 is 0 Å². The molecular formula is C16H19NO3. The van der Waals surface area contributed by atoms with Gasteiger partial charge in [0, 0.05) is 0 Å². The van der Waals surface area contributed by atoms with Crippen LogP contribution in [0.2, 0.25) is 0 Å². The van der Waals surface area contributed by atoms with E-state index in [2.05, 4.69) is 5.16 Å². The third kappa shape index (κ3) is 2.31. The Hall–Kier alpha value is -1.81. The Labute approximate surface area is 118 Å². The van der Waals surface area contributed by atoms with E-state index >= 15 is 0 Å². The van der Waals surface area contributed by atoms with Crippen LogP contribution >= 0.6 is 0 Å². The van der Waals surface area contributed by atoms with Crippen LogP contribution in [0.1, 0.15) is 47.1 Å². The maximum atomic E-state index is 10.0. The van der Waals surface area contributed by atoms with Gasteiger partial charge in [-0.2, -0.15) is 0 Å². The first-order valence-corrected chi connectivity index (χ1v) is 7.01. The number of aliphatic hydroxyl groups excluding tert-OH is 1.